The first-order valence-electron chi connectivity index (χ1n) is 13.5. The smallest absolute Gasteiger partial charge is 0.477 e. The van der Waals surface area contributed by atoms with Crippen molar-refractivity contribution in [1.82, 2.24) is 0 Å². The fourth-order valence-corrected chi connectivity index (χ4v) is 5.65. The summed E-state index contributed by atoms with van der Waals surface area (Å²) in [6.07, 6.45) is -5.32. The Bertz CT molecular complexity index is 2200. The third-order valence-electron chi connectivity index (χ3n) is 7.13. The van der Waals surface area contributed by atoms with E-state index < -0.39 is 50.3 Å². The molecule has 48 heavy (non-hydrogen) atoms. The maximum absolute atomic E-state index is 13.7. The molecule has 0 amide bonds. The standard InChI is InChI=1S/C27H14F5NO7S.C6H5F/c28-26(29,30)27(31,32)41(38,39)40-33-23-18-12-14-7-2-4-10-16(14)19(18)20(21(24(34)35)22(23)25(36)37)17-11-5-8-13-6-1-3-9-15(13)17;7-6-4-2-1-3-5-6/h1-12H,(H,34,35)(H,36,37);1-5H. The molecule has 0 spiro atoms. The number of nitrogens with zero attached hydrogens (tertiary/aromatic N) is 1. The van der Waals surface area contributed by atoms with Crippen LogP contribution in [0.25, 0.3) is 28.0 Å². The molecule has 15 heteroatoms. The molecule has 0 radical (unpaired) electrons. The summed E-state index contributed by atoms with van der Waals surface area (Å²) >= 11 is 0. The number of carbonyl (C=O) groups is 2. The summed E-state index contributed by atoms with van der Waals surface area (Å²) in [7, 11) is -6.85. The van der Waals surface area contributed by atoms with Crippen molar-refractivity contribution in [2.45, 2.75) is 11.4 Å². The van der Waals surface area contributed by atoms with Crippen LogP contribution in [0.3, 0.4) is 0 Å². The second-order valence-electron chi connectivity index (χ2n) is 10.1. The fraction of sp³-hybridized carbons (Fsp3) is 0.0606. The van der Waals surface area contributed by atoms with Crippen molar-refractivity contribution >= 4 is 55.8 Å². The van der Waals surface area contributed by atoms with Crippen LogP contribution in [0, 0.1) is 5.82 Å². The highest BCUT2D eigenvalue weighted by atomic mass is 32.2. The Balaban J connectivity index is 0.000000572. The largest absolute Gasteiger partial charge is 0.478 e. The number of hydrogen-bond acceptors (Lipinski definition) is 6. The zero-order chi connectivity index (χ0) is 35.0. The summed E-state index contributed by atoms with van der Waals surface area (Å²) in [4.78, 5) is 25.1. The van der Waals surface area contributed by atoms with E-state index in [1.807, 2.05) is 0 Å². The summed E-state index contributed by atoms with van der Waals surface area (Å²) in [6.45, 7) is 0. The van der Waals surface area contributed by atoms with Gasteiger partial charge in [0.25, 0.3) is 0 Å². The predicted octanol–water partition coefficient (Wildman–Crippen LogP) is 7.31. The maximum atomic E-state index is 13.7. The average Bonchev–Trinajstić information content (AvgIpc) is 3.42. The van der Waals surface area contributed by atoms with E-state index in [4.69, 9.17) is 0 Å². The van der Waals surface area contributed by atoms with Crippen molar-refractivity contribution in [2.24, 2.45) is 5.16 Å². The van der Waals surface area contributed by atoms with Gasteiger partial charge in [-0.2, -0.15) is 30.4 Å². The molecule has 0 aliphatic heterocycles. The lowest BCUT2D eigenvalue weighted by Crippen LogP contribution is -2.44. The second-order valence-corrected chi connectivity index (χ2v) is 11.6. The third kappa shape index (κ3) is 5.95. The van der Waals surface area contributed by atoms with Crippen LogP contribution in [-0.4, -0.2) is 47.7 Å². The Morgan fingerprint density at radius 2 is 1.25 bits per heavy atom. The highest BCUT2D eigenvalue weighted by Crippen LogP contribution is 2.50. The van der Waals surface area contributed by atoms with E-state index in [0.29, 0.717) is 21.9 Å². The Hall–Kier alpha value is -5.70. The number of aliphatic carboxylic acids is 2. The first-order chi connectivity index (χ1) is 22.6. The van der Waals surface area contributed by atoms with Crippen molar-refractivity contribution in [3.63, 3.8) is 0 Å². The number of halogens is 6. The number of carboxylic acids is 2. The Kier molecular flexibility index (Phi) is 8.75. The van der Waals surface area contributed by atoms with Crippen molar-refractivity contribution in [2.75, 3.05) is 0 Å². The summed E-state index contributed by atoms with van der Waals surface area (Å²) in [5.41, 5.74) is -2.56. The van der Waals surface area contributed by atoms with Crippen LogP contribution in [0.15, 0.2) is 119 Å². The number of oxime groups is 1. The topological polar surface area (TPSA) is 130 Å². The third-order valence-corrected chi connectivity index (χ3v) is 8.26. The van der Waals surface area contributed by atoms with Gasteiger partial charge in [-0.25, -0.2) is 14.0 Å². The predicted molar refractivity (Wildman–Crippen MR) is 162 cm³/mol. The fourth-order valence-electron chi connectivity index (χ4n) is 5.10. The summed E-state index contributed by atoms with van der Waals surface area (Å²) < 4.78 is 105. The molecule has 6 rings (SSSR count). The lowest BCUT2D eigenvalue weighted by Gasteiger charge is -2.25. The van der Waals surface area contributed by atoms with Crippen molar-refractivity contribution in [3.8, 4) is 0 Å². The van der Waals surface area contributed by atoms with E-state index in [1.165, 1.54) is 30.3 Å². The van der Waals surface area contributed by atoms with Gasteiger partial charge in [0.2, 0.25) is 0 Å². The summed E-state index contributed by atoms with van der Waals surface area (Å²) in [6, 6.07) is 25.8. The van der Waals surface area contributed by atoms with Crippen molar-refractivity contribution < 1.29 is 58.8 Å². The van der Waals surface area contributed by atoms with Gasteiger partial charge in [0.05, 0.1) is 5.57 Å². The molecule has 2 N–H and O–H groups in total. The first-order valence-corrected chi connectivity index (χ1v) is 14.9. The number of alkyl halides is 5. The zero-order valence-electron chi connectivity index (χ0n) is 23.9. The molecule has 0 aromatic heterocycles. The van der Waals surface area contributed by atoms with Crippen LogP contribution in [0.1, 0.15) is 16.7 Å². The van der Waals surface area contributed by atoms with E-state index >= 15 is 0 Å². The van der Waals surface area contributed by atoms with E-state index in [9.17, 15) is 54.6 Å². The molecule has 246 valence electrons. The monoisotopic (exact) mass is 687 g/mol. The van der Waals surface area contributed by atoms with Gasteiger partial charge in [0.1, 0.15) is 17.1 Å². The van der Waals surface area contributed by atoms with E-state index in [0.717, 1.165) is 0 Å². The number of allylic oxidation sites excluding steroid dienone is 2. The molecule has 0 heterocycles. The van der Waals surface area contributed by atoms with E-state index in [1.54, 1.807) is 72.8 Å². The molecule has 2 aliphatic rings. The van der Waals surface area contributed by atoms with Crippen LogP contribution in [-0.2, 0) is 24.0 Å². The quantitative estimate of drug-likeness (QED) is 0.161. The minimum absolute atomic E-state index is 0.0293. The normalized spacial score (nSPS) is 15.4. The molecule has 2 aliphatic carbocycles. The summed E-state index contributed by atoms with van der Waals surface area (Å²) in [5, 5.41) is 18.0. The van der Waals surface area contributed by atoms with Crippen LogP contribution in [0.4, 0.5) is 26.3 Å². The highest BCUT2D eigenvalue weighted by Gasteiger charge is 2.69. The van der Waals surface area contributed by atoms with Gasteiger partial charge < -0.3 is 10.2 Å². The lowest BCUT2D eigenvalue weighted by molar-refractivity contribution is -0.244. The van der Waals surface area contributed by atoms with Gasteiger partial charge in [0.15, 0.2) is 0 Å². The van der Waals surface area contributed by atoms with Gasteiger partial charge in [-0.3, -0.25) is 4.28 Å². The average molecular weight is 688 g/mol. The van der Waals surface area contributed by atoms with Crippen LogP contribution >= 0.6 is 0 Å². The number of fused-ring (bicyclic) bond motifs is 4. The van der Waals surface area contributed by atoms with Gasteiger partial charge in [0, 0.05) is 16.7 Å². The number of benzene rings is 4. The number of hydrogen-bond donors (Lipinski definition) is 2. The minimum atomic E-state index is -6.85. The maximum Gasteiger partial charge on any atom is 0.477 e. The van der Waals surface area contributed by atoms with Crippen LogP contribution in [0.5, 0.6) is 0 Å². The Morgan fingerprint density at radius 1 is 0.688 bits per heavy atom. The van der Waals surface area contributed by atoms with Gasteiger partial charge in [-0.1, -0.05) is 90.1 Å². The molecule has 4 aromatic rings. The molecule has 0 saturated carbocycles. The highest BCUT2D eigenvalue weighted by molar-refractivity contribution is 7.87. The molecular formula is C33H19F6NO7S. The minimum Gasteiger partial charge on any atom is -0.478 e. The second kappa shape index (κ2) is 12.5. The molecule has 0 unspecified atom stereocenters. The van der Waals surface area contributed by atoms with Gasteiger partial charge >= 0.3 is 33.5 Å². The van der Waals surface area contributed by atoms with E-state index in [-0.39, 0.29) is 28.1 Å². The Labute approximate surface area is 267 Å². The SMILES string of the molecule is Fc1ccccc1.O=C(O)C1=C(C(=O)O)C(c2cccc3ccccc23)=C2C(=Cc3ccccc32)C1=NOS(=O)(=O)C(F)(F)C(F)(F)F. The number of rotatable bonds is 6. The van der Waals surface area contributed by atoms with E-state index in [2.05, 4.69) is 9.44 Å². The van der Waals surface area contributed by atoms with Crippen LogP contribution in [0.2, 0.25) is 0 Å². The number of carboxylic acid groups (broad SMARTS) is 2. The summed E-state index contributed by atoms with van der Waals surface area (Å²) in [5.74, 6) is -3.99. The van der Waals surface area contributed by atoms with Crippen LogP contribution < -0.4 is 0 Å². The Morgan fingerprint density at radius 3 is 1.85 bits per heavy atom. The first kappa shape index (κ1) is 33.7. The lowest BCUT2D eigenvalue weighted by atomic mass is 9.77. The molecule has 8 nitrogen and oxygen atoms in total. The van der Waals surface area contributed by atoms with Gasteiger partial charge in [-0.05, 0) is 45.7 Å². The molecule has 4 aromatic carbocycles. The molecule has 0 fully saturated rings. The van der Waals surface area contributed by atoms with Gasteiger partial charge in [-0.15, -0.1) is 0 Å². The molecule has 0 bridgehead atoms. The van der Waals surface area contributed by atoms with Crippen molar-refractivity contribution in [3.05, 3.63) is 136 Å². The molecular weight excluding hydrogens is 668 g/mol. The molecule has 0 saturated heterocycles. The van der Waals surface area contributed by atoms with Crippen molar-refractivity contribution in [1.29, 1.82) is 0 Å². The zero-order valence-corrected chi connectivity index (χ0v) is 24.7. The molecule has 0 atom stereocenters.